The highest BCUT2D eigenvalue weighted by atomic mass is 19.2. The van der Waals surface area contributed by atoms with Crippen molar-refractivity contribution in [3.8, 4) is 16.9 Å². The van der Waals surface area contributed by atoms with Crippen molar-refractivity contribution in [2.24, 2.45) is 0 Å². The maximum absolute atomic E-state index is 14.2. The number of rotatable bonds is 7. The Morgan fingerprint density at radius 2 is 1.43 bits per heavy atom. The number of halogens is 3. The lowest BCUT2D eigenvalue weighted by Gasteiger charge is -2.10. The SMILES string of the molecule is CCOCc1ccc(-c2ccc(OCc3ccc(C)c(F)c3F)cc2)cc1F. The second-order valence-corrected chi connectivity index (χ2v) is 6.43. The summed E-state index contributed by atoms with van der Waals surface area (Å²) in [5.41, 5.74) is 2.47. The van der Waals surface area contributed by atoms with E-state index < -0.39 is 11.6 Å². The molecule has 0 aliphatic heterocycles. The Labute approximate surface area is 162 Å². The van der Waals surface area contributed by atoms with Crippen LogP contribution in [-0.2, 0) is 18.0 Å². The van der Waals surface area contributed by atoms with E-state index in [0.717, 1.165) is 11.1 Å². The number of benzene rings is 3. The molecule has 2 nitrogen and oxygen atoms in total. The van der Waals surface area contributed by atoms with Crippen molar-refractivity contribution in [2.45, 2.75) is 27.1 Å². The Balaban J connectivity index is 1.68. The van der Waals surface area contributed by atoms with Crippen molar-refractivity contribution in [2.75, 3.05) is 6.61 Å². The molecule has 0 radical (unpaired) electrons. The van der Waals surface area contributed by atoms with Crippen LogP contribution in [0, 0.1) is 24.4 Å². The van der Waals surface area contributed by atoms with Crippen LogP contribution in [0.1, 0.15) is 23.6 Å². The molecule has 0 unspecified atom stereocenters. The molecule has 0 aromatic heterocycles. The van der Waals surface area contributed by atoms with E-state index in [1.165, 1.54) is 25.1 Å². The lowest BCUT2D eigenvalue weighted by atomic mass is 10.0. The highest BCUT2D eigenvalue weighted by Gasteiger charge is 2.11. The predicted molar refractivity (Wildman–Crippen MR) is 103 cm³/mol. The average molecular weight is 386 g/mol. The summed E-state index contributed by atoms with van der Waals surface area (Å²) in [6, 6.07) is 15.0. The fourth-order valence-corrected chi connectivity index (χ4v) is 2.76. The van der Waals surface area contributed by atoms with E-state index in [-0.39, 0.29) is 30.2 Å². The van der Waals surface area contributed by atoms with Crippen LogP contribution in [0.3, 0.4) is 0 Å². The molecule has 0 amide bonds. The molecule has 3 aromatic carbocycles. The quantitative estimate of drug-likeness (QED) is 0.482. The first-order chi connectivity index (χ1) is 13.5. The molecule has 0 spiro atoms. The maximum Gasteiger partial charge on any atom is 0.165 e. The number of aryl methyl sites for hydroxylation is 1. The molecule has 0 bridgehead atoms. The van der Waals surface area contributed by atoms with E-state index >= 15 is 0 Å². The maximum atomic E-state index is 14.2. The van der Waals surface area contributed by atoms with E-state index in [1.54, 1.807) is 30.3 Å². The molecule has 28 heavy (non-hydrogen) atoms. The van der Waals surface area contributed by atoms with Crippen LogP contribution in [-0.4, -0.2) is 6.61 Å². The molecule has 0 aliphatic carbocycles. The predicted octanol–water partition coefficient (Wildman–Crippen LogP) is 6.19. The van der Waals surface area contributed by atoms with Gasteiger partial charge in [0.25, 0.3) is 0 Å². The summed E-state index contributed by atoms with van der Waals surface area (Å²) >= 11 is 0. The Kier molecular flexibility index (Phi) is 6.37. The zero-order valence-electron chi connectivity index (χ0n) is 15.8. The van der Waals surface area contributed by atoms with Gasteiger partial charge in [-0.2, -0.15) is 0 Å². The van der Waals surface area contributed by atoms with Gasteiger partial charge in [0, 0.05) is 17.7 Å². The third-order valence-electron chi connectivity index (χ3n) is 4.45. The summed E-state index contributed by atoms with van der Waals surface area (Å²) in [6.07, 6.45) is 0. The standard InChI is InChI=1S/C23H21F3O2/c1-3-27-13-18-7-6-17(12-21(18)24)16-8-10-20(11-9-16)28-14-19-5-4-15(2)22(25)23(19)26/h4-12H,3,13-14H2,1-2H3. The van der Waals surface area contributed by atoms with Gasteiger partial charge < -0.3 is 9.47 Å². The van der Waals surface area contributed by atoms with Crippen LogP contribution in [0.5, 0.6) is 5.75 Å². The zero-order chi connectivity index (χ0) is 20.1. The van der Waals surface area contributed by atoms with Gasteiger partial charge in [-0.25, -0.2) is 13.2 Å². The van der Waals surface area contributed by atoms with E-state index in [9.17, 15) is 13.2 Å². The van der Waals surface area contributed by atoms with Gasteiger partial charge >= 0.3 is 0 Å². The third kappa shape index (κ3) is 4.54. The van der Waals surface area contributed by atoms with Crippen LogP contribution < -0.4 is 4.74 Å². The smallest absolute Gasteiger partial charge is 0.165 e. The Morgan fingerprint density at radius 3 is 2.11 bits per heavy atom. The Hall–Kier alpha value is -2.79. The van der Waals surface area contributed by atoms with E-state index in [1.807, 2.05) is 13.0 Å². The first-order valence-corrected chi connectivity index (χ1v) is 9.02. The molecule has 0 atom stereocenters. The lowest BCUT2D eigenvalue weighted by Crippen LogP contribution is -2.02. The van der Waals surface area contributed by atoms with Crippen LogP contribution in [0.15, 0.2) is 54.6 Å². The third-order valence-corrected chi connectivity index (χ3v) is 4.45. The molecule has 3 aromatic rings. The van der Waals surface area contributed by atoms with Gasteiger partial charge in [-0.05, 0) is 48.7 Å². The molecule has 0 saturated carbocycles. The van der Waals surface area contributed by atoms with Crippen molar-refractivity contribution in [3.63, 3.8) is 0 Å². The molecular formula is C23H21F3O2. The topological polar surface area (TPSA) is 18.5 Å². The van der Waals surface area contributed by atoms with Gasteiger partial charge in [0.2, 0.25) is 0 Å². The van der Waals surface area contributed by atoms with Gasteiger partial charge in [0.1, 0.15) is 18.2 Å². The zero-order valence-corrected chi connectivity index (χ0v) is 15.8. The van der Waals surface area contributed by atoms with E-state index in [0.29, 0.717) is 17.9 Å². The molecule has 0 fully saturated rings. The minimum absolute atomic E-state index is 0.0802. The van der Waals surface area contributed by atoms with Crippen LogP contribution in [0.25, 0.3) is 11.1 Å². The summed E-state index contributed by atoms with van der Waals surface area (Å²) in [5.74, 6) is -1.55. The summed E-state index contributed by atoms with van der Waals surface area (Å²) in [4.78, 5) is 0. The van der Waals surface area contributed by atoms with Gasteiger partial charge in [0.15, 0.2) is 11.6 Å². The summed E-state index contributed by atoms with van der Waals surface area (Å²) in [7, 11) is 0. The minimum atomic E-state index is -0.890. The molecule has 0 heterocycles. The number of ether oxygens (including phenoxy) is 2. The first-order valence-electron chi connectivity index (χ1n) is 9.02. The Morgan fingerprint density at radius 1 is 0.750 bits per heavy atom. The summed E-state index contributed by atoms with van der Waals surface area (Å²) in [6.45, 7) is 4.06. The molecule has 3 rings (SSSR count). The first kappa shape index (κ1) is 20.0. The fourth-order valence-electron chi connectivity index (χ4n) is 2.76. The second kappa shape index (κ2) is 8.93. The highest BCUT2D eigenvalue weighted by molar-refractivity contribution is 5.64. The highest BCUT2D eigenvalue weighted by Crippen LogP contribution is 2.25. The number of hydrogen-bond acceptors (Lipinski definition) is 2. The van der Waals surface area contributed by atoms with Crippen molar-refractivity contribution in [1.82, 2.24) is 0 Å². The van der Waals surface area contributed by atoms with E-state index in [4.69, 9.17) is 9.47 Å². The molecule has 0 aliphatic rings. The van der Waals surface area contributed by atoms with Crippen molar-refractivity contribution in [3.05, 3.63) is 88.7 Å². The Bertz CT molecular complexity index is 953. The van der Waals surface area contributed by atoms with Crippen LogP contribution in [0.4, 0.5) is 13.2 Å². The normalized spacial score (nSPS) is 10.9. The minimum Gasteiger partial charge on any atom is -0.489 e. The molecule has 5 heteroatoms. The molecule has 0 N–H and O–H groups in total. The average Bonchev–Trinajstić information content (AvgIpc) is 2.71. The second-order valence-electron chi connectivity index (χ2n) is 6.43. The van der Waals surface area contributed by atoms with Gasteiger partial charge in [-0.1, -0.05) is 36.4 Å². The van der Waals surface area contributed by atoms with Crippen LogP contribution in [0.2, 0.25) is 0 Å². The summed E-state index contributed by atoms with van der Waals surface area (Å²) < 4.78 is 52.5. The van der Waals surface area contributed by atoms with Crippen molar-refractivity contribution in [1.29, 1.82) is 0 Å². The van der Waals surface area contributed by atoms with E-state index in [2.05, 4.69) is 0 Å². The monoisotopic (exact) mass is 386 g/mol. The largest absolute Gasteiger partial charge is 0.489 e. The van der Waals surface area contributed by atoms with Crippen molar-refractivity contribution < 1.29 is 22.6 Å². The molecular weight excluding hydrogens is 365 g/mol. The summed E-state index contributed by atoms with van der Waals surface area (Å²) in [5, 5.41) is 0. The van der Waals surface area contributed by atoms with Crippen LogP contribution >= 0.6 is 0 Å². The molecule has 146 valence electrons. The fraction of sp³-hybridized carbons (Fsp3) is 0.217. The molecule has 0 saturated heterocycles. The lowest BCUT2D eigenvalue weighted by molar-refractivity contribution is 0.131. The van der Waals surface area contributed by atoms with Gasteiger partial charge in [-0.3, -0.25) is 0 Å². The van der Waals surface area contributed by atoms with Crippen molar-refractivity contribution >= 4 is 0 Å². The number of hydrogen-bond donors (Lipinski definition) is 0. The van der Waals surface area contributed by atoms with Gasteiger partial charge in [0.05, 0.1) is 6.61 Å². The van der Waals surface area contributed by atoms with Gasteiger partial charge in [-0.15, -0.1) is 0 Å².